The molecule has 5 aliphatic rings. The number of carbonyl (C=O) groups excluding carboxylic acids is 5. The van der Waals surface area contributed by atoms with Gasteiger partial charge in [-0.05, 0) is 133 Å². The normalized spacial score (nSPS) is 24.5. The van der Waals surface area contributed by atoms with Crippen LogP contribution in [0.5, 0.6) is 11.6 Å². The largest absolute Gasteiger partial charge is 0.497 e. The number of esters is 2. The van der Waals surface area contributed by atoms with Gasteiger partial charge >= 0.3 is 28.2 Å². The molecule has 2 amide bonds. The zero-order valence-corrected chi connectivity index (χ0v) is 45.7. The van der Waals surface area contributed by atoms with Gasteiger partial charge in [-0.15, -0.1) is 0 Å². The van der Waals surface area contributed by atoms with Crippen LogP contribution in [0, 0.1) is 34.0 Å². The lowest BCUT2D eigenvalue weighted by Crippen LogP contribution is -2.50. The summed E-state index contributed by atoms with van der Waals surface area (Å²) in [6, 6.07) is 6.38. The van der Waals surface area contributed by atoms with E-state index < -0.39 is 86.2 Å². The third-order valence-corrected chi connectivity index (χ3v) is 16.6. The van der Waals surface area contributed by atoms with Gasteiger partial charge in [-0.2, -0.15) is 8.42 Å². The van der Waals surface area contributed by atoms with Crippen molar-refractivity contribution in [1.82, 2.24) is 14.6 Å². The number of ketones is 1. The molecule has 0 bridgehead atoms. The van der Waals surface area contributed by atoms with Gasteiger partial charge < -0.3 is 29.0 Å². The molecule has 4 aliphatic carbocycles. The standard InChI is InChI=1S/C40H55N3O10S.C15H26O4/c1-7-26-22-40(26,37(47)42-54(48,49)53-27-11-12-27)23-33(44)32-20-29(51-35-30-14-13-28(50-6)19-25(30)15-18-41-35)24-43(32)36(46)31(21-34(45)52-38(2,3)4)39(5)16-9-8-10-17-39;1-14(2,3)19-12(16)10-11(13(17)18)15(4)8-6-5-7-9-15/h13-15,18-19,26-27,29,31-32H,7-12,16-17,20-24H2,1-6H3,(H,42,47);11H,5-10H2,1-4H3,(H,17,18)/t26-,29-,31-,32+,40-;11-/m11/s1. The molecule has 1 saturated heterocycles. The average molecular weight is 1040 g/mol. The van der Waals surface area contributed by atoms with Crippen LogP contribution in [0.25, 0.3) is 10.8 Å². The summed E-state index contributed by atoms with van der Waals surface area (Å²) in [5.41, 5.74) is -3.34. The van der Waals surface area contributed by atoms with E-state index in [1.165, 1.54) is 4.90 Å². The molecule has 0 unspecified atom stereocenters. The summed E-state index contributed by atoms with van der Waals surface area (Å²) >= 11 is 0. The second kappa shape index (κ2) is 23.0. The second-order valence-corrected chi connectivity index (χ2v) is 25.2. The second-order valence-electron chi connectivity index (χ2n) is 23.9. The first-order chi connectivity index (χ1) is 34.1. The van der Waals surface area contributed by atoms with Crippen LogP contribution in [-0.2, 0) is 52.7 Å². The van der Waals surface area contributed by atoms with E-state index in [2.05, 4.69) is 9.71 Å². The van der Waals surface area contributed by atoms with E-state index in [4.69, 9.17) is 23.1 Å². The molecular weight excluding hydrogens is 959 g/mol. The number of hydrogen-bond donors (Lipinski definition) is 2. The maximum atomic E-state index is 15.0. The van der Waals surface area contributed by atoms with Crippen molar-refractivity contribution in [2.75, 3.05) is 13.7 Å². The Kier molecular flexibility index (Phi) is 18.1. The summed E-state index contributed by atoms with van der Waals surface area (Å²) in [6.45, 7) is 16.7. The van der Waals surface area contributed by atoms with Crippen LogP contribution in [0.4, 0.5) is 0 Å². The van der Waals surface area contributed by atoms with Gasteiger partial charge in [0, 0.05) is 24.4 Å². The molecule has 2 N–H and O–H groups in total. The van der Waals surface area contributed by atoms with Gasteiger partial charge in [-0.1, -0.05) is 65.7 Å². The molecule has 2 aromatic rings. The number of likely N-dealkylation sites (tertiary alicyclic amines) is 1. The van der Waals surface area contributed by atoms with Crippen molar-refractivity contribution >= 4 is 56.6 Å². The van der Waals surface area contributed by atoms with Gasteiger partial charge in [0.05, 0.1) is 55.9 Å². The van der Waals surface area contributed by atoms with Gasteiger partial charge in [0.2, 0.25) is 17.7 Å². The van der Waals surface area contributed by atoms with Gasteiger partial charge in [0.25, 0.3) is 0 Å². The van der Waals surface area contributed by atoms with E-state index in [0.29, 0.717) is 37.3 Å². The Morgan fingerprint density at radius 2 is 1.38 bits per heavy atom. The molecule has 1 aromatic carbocycles. The number of aliphatic carboxylic acids is 1. The number of fused-ring (bicyclic) bond motifs is 1. The van der Waals surface area contributed by atoms with Crippen molar-refractivity contribution in [2.45, 2.75) is 207 Å². The molecular formula is C55H81N3O14S. The van der Waals surface area contributed by atoms with E-state index in [1.807, 2.05) is 39.0 Å². The van der Waals surface area contributed by atoms with Crippen molar-refractivity contribution in [2.24, 2.45) is 34.0 Å². The zero-order chi connectivity index (χ0) is 53.7. The molecule has 73 heavy (non-hydrogen) atoms. The number of hydrogen-bond acceptors (Lipinski definition) is 14. The van der Waals surface area contributed by atoms with E-state index >= 15 is 0 Å². The van der Waals surface area contributed by atoms with Crippen LogP contribution in [0.1, 0.15) is 178 Å². The number of methoxy groups -OCH3 is 1. The molecule has 4 saturated carbocycles. The van der Waals surface area contributed by atoms with Gasteiger partial charge in [0.15, 0.2) is 5.78 Å². The fourth-order valence-corrected chi connectivity index (χ4v) is 12.4. The minimum atomic E-state index is -4.35. The number of aromatic nitrogens is 1. The van der Waals surface area contributed by atoms with Crippen molar-refractivity contribution < 1.29 is 65.4 Å². The number of carbonyl (C=O) groups is 6. The van der Waals surface area contributed by atoms with Gasteiger partial charge in [-0.3, -0.25) is 33.0 Å². The third kappa shape index (κ3) is 15.2. The minimum absolute atomic E-state index is 0.0247. The molecule has 0 spiro atoms. The van der Waals surface area contributed by atoms with Gasteiger partial charge in [0.1, 0.15) is 23.1 Å². The number of nitrogens with zero attached hydrogens (tertiary/aromatic N) is 2. The maximum Gasteiger partial charge on any atom is 0.362 e. The smallest absolute Gasteiger partial charge is 0.362 e. The number of Topliss-reactive ketones (excluding diaryl/α,β-unsaturated/α-hetero) is 1. The highest BCUT2D eigenvalue weighted by molar-refractivity contribution is 7.85. The first kappa shape index (κ1) is 57.4. The summed E-state index contributed by atoms with van der Waals surface area (Å²) in [7, 11) is -2.76. The first-order valence-corrected chi connectivity index (χ1v) is 27.9. The molecule has 7 rings (SSSR count). The Hall–Kier alpha value is -4.84. The number of nitrogens with one attached hydrogen (secondary N) is 1. The van der Waals surface area contributed by atoms with E-state index in [1.54, 1.807) is 60.9 Å². The van der Waals surface area contributed by atoms with Crippen LogP contribution in [0.2, 0.25) is 0 Å². The van der Waals surface area contributed by atoms with Crippen LogP contribution in [0.3, 0.4) is 0 Å². The Bertz CT molecular complexity index is 2450. The van der Waals surface area contributed by atoms with Crippen molar-refractivity contribution in [3.8, 4) is 11.6 Å². The Balaban J connectivity index is 0.000000385. The van der Waals surface area contributed by atoms with Crippen LogP contribution in [0.15, 0.2) is 30.5 Å². The number of ether oxygens (including phenoxy) is 4. The fraction of sp³-hybridized carbons (Fsp3) is 0.727. The highest BCUT2D eigenvalue weighted by Gasteiger charge is 2.62. The Morgan fingerprint density at radius 3 is 1.89 bits per heavy atom. The lowest BCUT2D eigenvalue weighted by Gasteiger charge is -2.42. The van der Waals surface area contributed by atoms with E-state index in [0.717, 1.165) is 75.0 Å². The van der Waals surface area contributed by atoms with E-state index in [-0.39, 0.29) is 55.3 Å². The molecule has 406 valence electrons. The van der Waals surface area contributed by atoms with Crippen LogP contribution < -0.4 is 14.2 Å². The van der Waals surface area contributed by atoms with Crippen molar-refractivity contribution in [3.05, 3.63) is 30.5 Å². The Morgan fingerprint density at radius 1 is 0.822 bits per heavy atom. The molecule has 1 aliphatic heterocycles. The SMILES string of the molecule is CC(C)(C)OC(=O)C[C@H](C(=O)O)C1(C)CCCCC1.CC[C@@H]1C[C@]1(CC(=O)[C@@H]1C[C@@H](Oc2nccc3cc(OC)ccc23)CN1C(=O)[C@@H](CC(=O)OC(C)(C)C)C1(C)CCCCC1)C(=O)NS(=O)(=O)OC1CC1. The number of rotatable bonds is 19. The summed E-state index contributed by atoms with van der Waals surface area (Å²) in [5.74, 6) is -3.81. The summed E-state index contributed by atoms with van der Waals surface area (Å²) in [6.07, 6.45) is 11.8. The quantitative estimate of drug-likeness (QED) is 0.125. The van der Waals surface area contributed by atoms with Gasteiger partial charge in [-0.25, -0.2) is 9.71 Å². The lowest BCUT2D eigenvalue weighted by molar-refractivity contribution is -0.163. The zero-order valence-electron chi connectivity index (χ0n) is 44.8. The summed E-state index contributed by atoms with van der Waals surface area (Å²) < 4.78 is 55.3. The number of carboxylic acid groups (broad SMARTS) is 1. The number of benzene rings is 1. The highest BCUT2D eigenvalue weighted by atomic mass is 32.2. The third-order valence-electron chi connectivity index (χ3n) is 15.7. The van der Waals surface area contributed by atoms with E-state index in [9.17, 15) is 42.3 Å². The molecule has 17 nitrogen and oxygen atoms in total. The number of amides is 2. The highest BCUT2D eigenvalue weighted by Crippen LogP contribution is 2.58. The monoisotopic (exact) mass is 1040 g/mol. The topological polar surface area (TPSA) is 231 Å². The summed E-state index contributed by atoms with van der Waals surface area (Å²) in [5, 5.41) is 11.0. The van der Waals surface area contributed by atoms with Crippen LogP contribution >= 0.6 is 0 Å². The molecule has 2 heterocycles. The Labute approximate surface area is 432 Å². The van der Waals surface area contributed by atoms with Crippen LogP contribution in [-0.4, -0.2) is 102 Å². The van der Waals surface area contributed by atoms with Crippen molar-refractivity contribution in [1.29, 1.82) is 0 Å². The number of carboxylic acids is 1. The van der Waals surface area contributed by atoms with Crippen molar-refractivity contribution in [3.63, 3.8) is 0 Å². The molecule has 0 radical (unpaired) electrons. The predicted molar refractivity (Wildman–Crippen MR) is 272 cm³/mol. The molecule has 1 aromatic heterocycles. The molecule has 6 atom stereocenters. The lowest BCUT2D eigenvalue weighted by atomic mass is 9.65. The maximum absolute atomic E-state index is 15.0. The average Bonchev–Trinajstić information content (AvgIpc) is 4.21. The summed E-state index contributed by atoms with van der Waals surface area (Å²) in [4.78, 5) is 86.0. The minimum Gasteiger partial charge on any atom is -0.497 e. The fourth-order valence-electron chi connectivity index (χ4n) is 11.4. The predicted octanol–water partition coefficient (Wildman–Crippen LogP) is 9.22. The first-order valence-electron chi connectivity index (χ1n) is 26.4. The molecule has 5 fully saturated rings. The molecule has 18 heteroatoms. The number of pyridine rings is 1.